The zero-order chi connectivity index (χ0) is 13.8. The molecule has 1 aliphatic rings. The Morgan fingerprint density at radius 3 is 2.84 bits per heavy atom. The van der Waals surface area contributed by atoms with Crippen molar-refractivity contribution in [3.05, 3.63) is 23.8 Å². The number of methoxy groups -OCH3 is 1. The third-order valence-electron chi connectivity index (χ3n) is 3.63. The minimum Gasteiger partial charge on any atom is -0.494 e. The van der Waals surface area contributed by atoms with Crippen LogP contribution in [0.25, 0.3) is 0 Å². The van der Waals surface area contributed by atoms with E-state index < -0.39 is 0 Å². The maximum atomic E-state index is 12.2. The summed E-state index contributed by atoms with van der Waals surface area (Å²) in [6, 6.07) is 5.13. The summed E-state index contributed by atoms with van der Waals surface area (Å²) in [5.74, 6) is 0.675. The van der Waals surface area contributed by atoms with Crippen LogP contribution in [-0.2, 0) is 4.74 Å². The summed E-state index contributed by atoms with van der Waals surface area (Å²) in [5, 5.41) is 0. The van der Waals surface area contributed by atoms with Gasteiger partial charge < -0.3 is 15.2 Å². The molecule has 1 aromatic rings. The number of hydrogen-bond acceptors (Lipinski definition) is 4. The Morgan fingerprint density at radius 2 is 2.16 bits per heavy atom. The fourth-order valence-corrected chi connectivity index (χ4v) is 2.64. The monoisotopic (exact) mass is 263 g/mol. The number of ether oxygens (including phenoxy) is 2. The minimum atomic E-state index is -0.344. The van der Waals surface area contributed by atoms with Crippen LogP contribution in [0.1, 0.15) is 43.0 Å². The van der Waals surface area contributed by atoms with Gasteiger partial charge in [0.1, 0.15) is 11.7 Å². The first kappa shape index (κ1) is 13.7. The summed E-state index contributed by atoms with van der Waals surface area (Å²) in [6.45, 7) is 2.20. The van der Waals surface area contributed by atoms with Gasteiger partial charge >= 0.3 is 5.97 Å². The number of anilines is 1. The molecule has 0 aliphatic heterocycles. The lowest BCUT2D eigenvalue weighted by atomic mass is 9.89. The number of nitrogens with two attached hydrogens (primary N) is 1. The first-order chi connectivity index (χ1) is 9.11. The van der Waals surface area contributed by atoms with Gasteiger partial charge in [0.15, 0.2) is 5.75 Å². The Labute approximate surface area is 113 Å². The molecule has 19 heavy (non-hydrogen) atoms. The normalized spacial score (nSPS) is 22.8. The molecular formula is C15H21NO3. The summed E-state index contributed by atoms with van der Waals surface area (Å²) in [4.78, 5) is 12.2. The first-order valence-corrected chi connectivity index (χ1v) is 6.75. The number of rotatable bonds is 3. The average Bonchev–Trinajstić information content (AvgIpc) is 2.38. The number of esters is 1. The summed E-state index contributed by atoms with van der Waals surface area (Å²) in [7, 11) is 1.51. The lowest BCUT2D eigenvalue weighted by Crippen LogP contribution is -2.24. The van der Waals surface area contributed by atoms with Crippen molar-refractivity contribution in [3.8, 4) is 5.75 Å². The predicted molar refractivity (Wildman–Crippen MR) is 74.2 cm³/mol. The standard InChI is InChI=1S/C15H21NO3/c1-10-5-3-6-11(9-10)19-15(17)12-7-4-8-13(16)14(12)18-2/h4,7-8,10-11H,3,5-6,9,16H2,1-2H3. The van der Waals surface area contributed by atoms with E-state index in [1.807, 2.05) is 0 Å². The van der Waals surface area contributed by atoms with Gasteiger partial charge in [0.2, 0.25) is 0 Å². The Morgan fingerprint density at radius 1 is 1.37 bits per heavy atom. The summed E-state index contributed by atoms with van der Waals surface area (Å²) in [6.07, 6.45) is 4.24. The van der Waals surface area contributed by atoms with E-state index >= 15 is 0 Å². The molecule has 1 saturated carbocycles. The van der Waals surface area contributed by atoms with E-state index in [1.54, 1.807) is 18.2 Å². The fraction of sp³-hybridized carbons (Fsp3) is 0.533. The first-order valence-electron chi connectivity index (χ1n) is 6.75. The van der Waals surface area contributed by atoms with Crippen molar-refractivity contribution in [2.24, 2.45) is 5.92 Å². The second-order valence-corrected chi connectivity index (χ2v) is 5.23. The molecule has 104 valence electrons. The van der Waals surface area contributed by atoms with Crippen molar-refractivity contribution in [3.63, 3.8) is 0 Å². The summed E-state index contributed by atoms with van der Waals surface area (Å²) < 4.78 is 10.8. The molecule has 1 aromatic carbocycles. The lowest BCUT2D eigenvalue weighted by molar-refractivity contribution is 0.0152. The number of nitrogen functional groups attached to an aromatic ring is 1. The second-order valence-electron chi connectivity index (χ2n) is 5.23. The number of hydrogen-bond donors (Lipinski definition) is 1. The van der Waals surface area contributed by atoms with Crippen molar-refractivity contribution < 1.29 is 14.3 Å². The average molecular weight is 263 g/mol. The molecule has 1 fully saturated rings. The van der Waals surface area contributed by atoms with Crippen molar-refractivity contribution in [1.29, 1.82) is 0 Å². The number of para-hydroxylation sites is 1. The van der Waals surface area contributed by atoms with Gasteiger partial charge in [0.05, 0.1) is 12.8 Å². The summed E-state index contributed by atoms with van der Waals surface area (Å²) in [5.41, 5.74) is 6.65. The molecule has 0 radical (unpaired) electrons. The van der Waals surface area contributed by atoms with Crippen LogP contribution in [0.4, 0.5) is 5.69 Å². The highest BCUT2D eigenvalue weighted by Crippen LogP contribution is 2.30. The summed E-state index contributed by atoms with van der Waals surface area (Å²) >= 11 is 0. The maximum absolute atomic E-state index is 12.2. The van der Waals surface area contributed by atoms with Crippen LogP contribution in [0.5, 0.6) is 5.75 Å². The maximum Gasteiger partial charge on any atom is 0.342 e. The lowest BCUT2D eigenvalue weighted by Gasteiger charge is -2.26. The van der Waals surface area contributed by atoms with Crippen molar-refractivity contribution in [2.45, 2.75) is 38.7 Å². The molecule has 4 heteroatoms. The van der Waals surface area contributed by atoms with Crippen LogP contribution in [0, 0.1) is 5.92 Å². The molecule has 2 unspecified atom stereocenters. The molecule has 2 N–H and O–H groups in total. The van der Waals surface area contributed by atoms with Crippen LogP contribution in [0.2, 0.25) is 0 Å². The number of benzene rings is 1. The fourth-order valence-electron chi connectivity index (χ4n) is 2.64. The van der Waals surface area contributed by atoms with Crippen LogP contribution in [-0.4, -0.2) is 19.2 Å². The topological polar surface area (TPSA) is 61.5 Å². The largest absolute Gasteiger partial charge is 0.494 e. The van der Waals surface area contributed by atoms with Crippen molar-refractivity contribution in [2.75, 3.05) is 12.8 Å². The van der Waals surface area contributed by atoms with Gasteiger partial charge in [-0.05, 0) is 37.3 Å². The van der Waals surface area contributed by atoms with Gasteiger partial charge in [-0.2, -0.15) is 0 Å². The minimum absolute atomic E-state index is 0.0161. The van der Waals surface area contributed by atoms with Gasteiger partial charge in [-0.3, -0.25) is 0 Å². The number of carbonyl (C=O) groups excluding carboxylic acids is 1. The molecule has 0 saturated heterocycles. The molecular weight excluding hydrogens is 242 g/mol. The third-order valence-corrected chi connectivity index (χ3v) is 3.63. The molecule has 1 aliphatic carbocycles. The molecule has 0 bridgehead atoms. The molecule has 0 heterocycles. The van der Waals surface area contributed by atoms with Gasteiger partial charge in [-0.1, -0.05) is 19.4 Å². The number of carbonyl (C=O) groups is 1. The van der Waals surface area contributed by atoms with E-state index in [0.29, 0.717) is 22.9 Å². The highest BCUT2D eigenvalue weighted by Gasteiger charge is 2.24. The highest BCUT2D eigenvalue weighted by atomic mass is 16.5. The van der Waals surface area contributed by atoms with E-state index in [0.717, 1.165) is 19.3 Å². The van der Waals surface area contributed by atoms with E-state index in [1.165, 1.54) is 13.5 Å². The smallest absolute Gasteiger partial charge is 0.342 e. The van der Waals surface area contributed by atoms with Gasteiger partial charge in [-0.25, -0.2) is 4.79 Å². The van der Waals surface area contributed by atoms with Crippen molar-refractivity contribution >= 4 is 11.7 Å². The van der Waals surface area contributed by atoms with Gasteiger partial charge in [-0.15, -0.1) is 0 Å². The Kier molecular flexibility index (Phi) is 4.30. The molecule has 4 nitrogen and oxygen atoms in total. The zero-order valence-corrected chi connectivity index (χ0v) is 11.5. The van der Waals surface area contributed by atoms with E-state index in [2.05, 4.69) is 6.92 Å². The highest BCUT2D eigenvalue weighted by molar-refractivity contribution is 5.94. The molecule has 0 amide bonds. The molecule has 0 spiro atoms. The second kappa shape index (κ2) is 5.95. The zero-order valence-electron chi connectivity index (χ0n) is 11.5. The Balaban J connectivity index is 2.09. The quantitative estimate of drug-likeness (QED) is 0.672. The van der Waals surface area contributed by atoms with Crippen LogP contribution in [0.3, 0.4) is 0 Å². The van der Waals surface area contributed by atoms with Gasteiger partial charge in [0, 0.05) is 0 Å². The van der Waals surface area contributed by atoms with Crippen LogP contribution < -0.4 is 10.5 Å². The molecule has 2 atom stereocenters. The van der Waals surface area contributed by atoms with Gasteiger partial charge in [0.25, 0.3) is 0 Å². The van der Waals surface area contributed by atoms with E-state index in [4.69, 9.17) is 15.2 Å². The molecule has 0 aromatic heterocycles. The van der Waals surface area contributed by atoms with E-state index in [9.17, 15) is 4.79 Å². The third kappa shape index (κ3) is 3.19. The Hall–Kier alpha value is -1.71. The SMILES string of the molecule is COc1c(N)cccc1C(=O)OC1CCCC(C)C1. The van der Waals surface area contributed by atoms with Crippen LogP contribution in [0.15, 0.2) is 18.2 Å². The van der Waals surface area contributed by atoms with Crippen LogP contribution >= 0.6 is 0 Å². The van der Waals surface area contributed by atoms with E-state index in [-0.39, 0.29) is 12.1 Å². The van der Waals surface area contributed by atoms with Crippen molar-refractivity contribution in [1.82, 2.24) is 0 Å². The Bertz CT molecular complexity index is 459. The predicted octanol–water partition coefficient (Wildman–Crippen LogP) is 3.01. The molecule has 2 rings (SSSR count).